The van der Waals surface area contributed by atoms with Gasteiger partial charge in [0.15, 0.2) is 0 Å². The molecule has 0 atom stereocenters. The Morgan fingerprint density at radius 2 is 1.75 bits per heavy atom. The van der Waals surface area contributed by atoms with Crippen LogP contribution in [-0.4, -0.2) is 53.8 Å². The number of rotatable bonds is 5. The van der Waals surface area contributed by atoms with Gasteiger partial charge in [-0.15, -0.1) is 0 Å². The van der Waals surface area contributed by atoms with Gasteiger partial charge in [0, 0.05) is 22.8 Å². The molecule has 3 amide bonds. The molecule has 2 aromatic carbocycles. The van der Waals surface area contributed by atoms with Crippen molar-refractivity contribution in [2.45, 2.75) is 6.92 Å². The fourth-order valence-electron chi connectivity index (χ4n) is 2.93. The van der Waals surface area contributed by atoms with Crippen LogP contribution >= 0.6 is 11.6 Å². The molecule has 1 heterocycles. The zero-order valence-electron chi connectivity index (χ0n) is 15.3. The summed E-state index contributed by atoms with van der Waals surface area (Å²) in [5, 5.41) is 0.557. The van der Waals surface area contributed by atoms with Gasteiger partial charge in [-0.3, -0.25) is 19.3 Å². The highest BCUT2D eigenvalue weighted by Crippen LogP contribution is 2.22. The number of hydrogen-bond acceptors (Lipinski definition) is 3. The minimum absolute atomic E-state index is 0.0518. The Kier molecular flexibility index (Phi) is 5.94. The zero-order valence-corrected chi connectivity index (χ0v) is 16.0. The number of amides is 3. The third-order valence-electron chi connectivity index (χ3n) is 4.52. The minimum atomic E-state index is -0.437. The Labute approximate surface area is 167 Å². The first-order valence-corrected chi connectivity index (χ1v) is 9.15. The van der Waals surface area contributed by atoms with E-state index in [9.17, 15) is 18.8 Å². The van der Waals surface area contributed by atoms with Crippen molar-refractivity contribution in [2.75, 3.05) is 31.2 Å². The van der Waals surface area contributed by atoms with Gasteiger partial charge in [-0.1, -0.05) is 11.6 Å². The molecule has 2 aromatic rings. The van der Waals surface area contributed by atoms with Gasteiger partial charge in [-0.2, -0.15) is 0 Å². The number of carbonyl (C=O) groups excluding carboxylic acids is 3. The molecule has 1 aliphatic rings. The Bertz CT molecular complexity index is 887. The summed E-state index contributed by atoms with van der Waals surface area (Å²) in [6.07, 6.45) is 0. The molecule has 0 saturated carbocycles. The molecule has 1 aliphatic heterocycles. The second-order valence-electron chi connectivity index (χ2n) is 6.36. The van der Waals surface area contributed by atoms with Crippen molar-refractivity contribution in [2.24, 2.45) is 0 Å². The second-order valence-corrected chi connectivity index (χ2v) is 6.79. The summed E-state index contributed by atoms with van der Waals surface area (Å²) in [6, 6.07) is 11.9. The summed E-state index contributed by atoms with van der Waals surface area (Å²) in [7, 11) is 0. The lowest BCUT2D eigenvalue weighted by atomic mass is 10.2. The molecular formula is C20H19ClFN3O3. The van der Waals surface area contributed by atoms with Crippen molar-refractivity contribution in [3.8, 4) is 0 Å². The highest BCUT2D eigenvalue weighted by atomic mass is 35.5. The van der Waals surface area contributed by atoms with Crippen LogP contribution in [0.25, 0.3) is 0 Å². The predicted molar refractivity (Wildman–Crippen MR) is 103 cm³/mol. The Balaban J connectivity index is 1.66. The van der Waals surface area contributed by atoms with Crippen LogP contribution in [0.15, 0.2) is 48.5 Å². The molecule has 28 heavy (non-hydrogen) atoms. The molecule has 6 nitrogen and oxygen atoms in total. The quantitative estimate of drug-likeness (QED) is 0.771. The lowest BCUT2D eigenvalue weighted by Gasteiger charge is -2.24. The van der Waals surface area contributed by atoms with E-state index >= 15 is 0 Å². The maximum Gasteiger partial charge on any atom is 0.254 e. The minimum Gasteiger partial charge on any atom is -0.330 e. The van der Waals surface area contributed by atoms with E-state index in [1.165, 1.54) is 39.0 Å². The van der Waals surface area contributed by atoms with Crippen LogP contribution in [0.2, 0.25) is 5.02 Å². The zero-order chi connectivity index (χ0) is 20.3. The molecule has 0 aromatic heterocycles. The van der Waals surface area contributed by atoms with Crippen molar-refractivity contribution < 1.29 is 18.8 Å². The topological polar surface area (TPSA) is 60.9 Å². The highest BCUT2D eigenvalue weighted by molar-refractivity contribution is 6.30. The third kappa shape index (κ3) is 4.31. The van der Waals surface area contributed by atoms with E-state index in [1.54, 1.807) is 31.2 Å². The maximum absolute atomic E-state index is 13.1. The van der Waals surface area contributed by atoms with Crippen molar-refractivity contribution in [3.05, 3.63) is 64.9 Å². The van der Waals surface area contributed by atoms with Crippen LogP contribution in [0.5, 0.6) is 0 Å². The van der Waals surface area contributed by atoms with Crippen LogP contribution in [0.1, 0.15) is 17.3 Å². The summed E-state index contributed by atoms with van der Waals surface area (Å²) < 4.78 is 13.1. The normalized spacial score (nSPS) is 13.8. The number of halogens is 2. The fourth-order valence-corrected chi connectivity index (χ4v) is 3.05. The van der Waals surface area contributed by atoms with Crippen LogP contribution in [0.3, 0.4) is 0 Å². The Morgan fingerprint density at radius 3 is 2.36 bits per heavy atom. The summed E-state index contributed by atoms with van der Waals surface area (Å²) >= 11 is 5.87. The van der Waals surface area contributed by atoms with Crippen LogP contribution < -0.4 is 4.90 Å². The van der Waals surface area contributed by atoms with Crippen LogP contribution in [0, 0.1) is 5.82 Å². The number of anilines is 1. The number of likely N-dealkylation sites (N-methyl/N-ethyl adjacent to an activating group) is 1. The Hall–Kier alpha value is -2.93. The highest BCUT2D eigenvalue weighted by Gasteiger charge is 2.32. The fraction of sp³-hybridized carbons (Fsp3) is 0.250. The van der Waals surface area contributed by atoms with Gasteiger partial charge >= 0.3 is 0 Å². The van der Waals surface area contributed by atoms with E-state index in [1.807, 2.05) is 0 Å². The molecular weight excluding hydrogens is 385 g/mol. The molecule has 0 radical (unpaired) electrons. The SMILES string of the molecule is CCN(CC(=O)N1CC(=O)N(c2ccc(Cl)cc2)C1)C(=O)c1ccc(F)cc1. The summed E-state index contributed by atoms with van der Waals surface area (Å²) in [6.45, 7) is 1.97. The number of nitrogens with zero attached hydrogens (tertiary/aromatic N) is 3. The van der Waals surface area contributed by atoms with Crippen molar-refractivity contribution in [3.63, 3.8) is 0 Å². The van der Waals surface area contributed by atoms with Crippen molar-refractivity contribution >= 4 is 35.0 Å². The molecule has 8 heteroatoms. The second kappa shape index (κ2) is 8.39. The van der Waals surface area contributed by atoms with Crippen LogP contribution in [0.4, 0.5) is 10.1 Å². The molecule has 0 aliphatic carbocycles. The van der Waals surface area contributed by atoms with Gasteiger partial charge in [0.1, 0.15) is 25.6 Å². The monoisotopic (exact) mass is 403 g/mol. The maximum atomic E-state index is 13.1. The molecule has 3 rings (SSSR count). The summed E-state index contributed by atoms with van der Waals surface area (Å²) in [5.41, 5.74) is 0.954. The molecule has 0 N–H and O–H groups in total. The molecule has 0 spiro atoms. The number of carbonyl (C=O) groups is 3. The van der Waals surface area contributed by atoms with Gasteiger partial charge in [-0.25, -0.2) is 4.39 Å². The molecule has 1 saturated heterocycles. The van der Waals surface area contributed by atoms with E-state index in [0.29, 0.717) is 22.8 Å². The molecule has 146 valence electrons. The molecule has 0 unspecified atom stereocenters. The van der Waals surface area contributed by atoms with Gasteiger partial charge in [0.05, 0.1) is 0 Å². The molecule has 1 fully saturated rings. The number of benzene rings is 2. The Morgan fingerprint density at radius 1 is 1.11 bits per heavy atom. The van der Waals surface area contributed by atoms with Gasteiger partial charge in [0.25, 0.3) is 5.91 Å². The third-order valence-corrected chi connectivity index (χ3v) is 4.77. The summed E-state index contributed by atoms with van der Waals surface area (Å²) in [5.74, 6) is -1.34. The molecule has 0 bridgehead atoms. The standard InChI is InChI=1S/C20H19ClFN3O3/c1-2-23(20(28)14-3-7-16(22)8-4-14)11-18(26)24-12-19(27)25(13-24)17-9-5-15(21)6-10-17/h3-10H,2,11-13H2,1H3. The largest absolute Gasteiger partial charge is 0.330 e. The van der Waals surface area contributed by atoms with Crippen LogP contribution in [-0.2, 0) is 9.59 Å². The number of hydrogen-bond donors (Lipinski definition) is 0. The van der Waals surface area contributed by atoms with Gasteiger partial charge in [0.2, 0.25) is 11.8 Å². The van der Waals surface area contributed by atoms with E-state index < -0.39 is 5.82 Å². The predicted octanol–water partition coefficient (Wildman–Crippen LogP) is 2.77. The average molecular weight is 404 g/mol. The van der Waals surface area contributed by atoms with E-state index in [4.69, 9.17) is 11.6 Å². The van der Waals surface area contributed by atoms with Crippen molar-refractivity contribution in [1.82, 2.24) is 9.80 Å². The van der Waals surface area contributed by atoms with E-state index in [-0.39, 0.29) is 37.5 Å². The lowest BCUT2D eigenvalue weighted by Crippen LogP contribution is -2.42. The average Bonchev–Trinajstić information content (AvgIpc) is 3.08. The first-order valence-electron chi connectivity index (χ1n) is 8.77. The summed E-state index contributed by atoms with van der Waals surface area (Å²) in [4.78, 5) is 41.8. The first kappa shape index (κ1) is 19.8. The lowest BCUT2D eigenvalue weighted by molar-refractivity contribution is -0.132. The van der Waals surface area contributed by atoms with Gasteiger partial charge < -0.3 is 9.80 Å². The van der Waals surface area contributed by atoms with Gasteiger partial charge in [-0.05, 0) is 55.5 Å². The van der Waals surface area contributed by atoms with E-state index in [0.717, 1.165) is 0 Å². The van der Waals surface area contributed by atoms with E-state index in [2.05, 4.69) is 0 Å². The first-order chi connectivity index (χ1) is 13.4. The smallest absolute Gasteiger partial charge is 0.254 e. The van der Waals surface area contributed by atoms with Crippen molar-refractivity contribution in [1.29, 1.82) is 0 Å².